The van der Waals surface area contributed by atoms with E-state index in [9.17, 15) is 0 Å². The first-order chi connectivity index (χ1) is 5.40. The minimum atomic E-state index is 0.286. The first-order valence-corrected chi connectivity index (χ1v) is 4.74. The summed E-state index contributed by atoms with van der Waals surface area (Å²) >= 11 is 0. The van der Waals surface area contributed by atoms with Crippen molar-refractivity contribution in [3.63, 3.8) is 0 Å². The Morgan fingerprint density at radius 2 is 2.18 bits per heavy atom. The summed E-state index contributed by atoms with van der Waals surface area (Å²) in [4.78, 5) is 0. The molecule has 2 heteroatoms. The van der Waals surface area contributed by atoms with Crippen molar-refractivity contribution in [2.45, 2.75) is 31.7 Å². The molecule has 0 spiro atoms. The number of nitrogens with one attached hydrogen (secondary N) is 1. The normalized spacial score (nSPS) is 41.7. The van der Waals surface area contributed by atoms with E-state index in [1.54, 1.807) is 0 Å². The summed E-state index contributed by atoms with van der Waals surface area (Å²) in [6.07, 6.45) is 5.70. The van der Waals surface area contributed by atoms with Crippen molar-refractivity contribution in [2.24, 2.45) is 11.8 Å². The summed E-state index contributed by atoms with van der Waals surface area (Å²) < 4.78 is 0. The molecule has 2 bridgehead atoms. The van der Waals surface area contributed by atoms with Crippen molar-refractivity contribution >= 4 is 0 Å². The standard InChI is InChI=1S/C9H17NO/c11-4-3-10-9-6-7-1-2-8(9)5-7/h7-11H,1-6H2/t7-,8+,9-/m0/s1. The lowest BCUT2D eigenvalue weighted by Crippen LogP contribution is -2.35. The molecular formula is C9H17NO. The zero-order valence-corrected chi connectivity index (χ0v) is 6.92. The fraction of sp³-hybridized carbons (Fsp3) is 1.00. The molecule has 0 aliphatic heterocycles. The van der Waals surface area contributed by atoms with Crippen molar-refractivity contribution < 1.29 is 5.11 Å². The van der Waals surface area contributed by atoms with E-state index < -0.39 is 0 Å². The minimum absolute atomic E-state index is 0.286. The van der Waals surface area contributed by atoms with Gasteiger partial charge in [-0.15, -0.1) is 0 Å². The molecule has 0 aromatic heterocycles. The Kier molecular flexibility index (Phi) is 2.14. The molecule has 2 aliphatic carbocycles. The molecule has 0 amide bonds. The molecule has 2 rings (SSSR count). The van der Waals surface area contributed by atoms with Gasteiger partial charge in [0.2, 0.25) is 0 Å². The zero-order chi connectivity index (χ0) is 7.68. The highest BCUT2D eigenvalue weighted by Gasteiger charge is 2.38. The molecule has 11 heavy (non-hydrogen) atoms. The van der Waals surface area contributed by atoms with Crippen LogP contribution in [0.15, 0.2) is 0 Å². The van der Waals surface area contributed by atoms with Crippen LogP contribution in [0.4, 0.5) is 0 Å². The predicted octanol–water partition coefficient (Wildman–Crippen LogP) is 0.757. The summed E-state index contributed by atoms with van der Waals surface area (Å²) in [7, 11) is 0. The molecule has 2 saturated carbocycles. The summed E-state index contributed by atoms with van der Waals surface area (Å²) in [5.74, 6) is 1.95. The van der Waals surface area contributed by atoms with Crippen LogP contribution in [0.2, 0.25) is 0 Å². The zero-order valence-electron chi connectivity index (χ0n) is 6.92. The Hall–Kier alpha value is -0.0800. The van der Waals surface area contributed by atoms with Crippen LogP contribution in [0.25, 0.3) is 0 Å². The van der Waals surface area contributed by atoms with E-state index in [-0.39, 0.29) is 6.61 Å². The molecule has 2 aliphatic rings. The maximum Gasteiger partial charge on any atom is 0.0556 e. The SMILES string of the molecule is OCCN[C@H]1C[C@H]2CC[C@@H]1C2. The van der Waals surface area contributed by atoms with Gasteiger partial charge in [0.1, 0.15) is 0 Å². The van der Waals surface area contributed by atoms with Crippen LogP contribution >= 0.6 is 0 Å². The van der Waals surface area contributed by atoms with Crippen molar-refractivity contribution in [2.75, 3.05) is 13.2 Å². The average Bonchev–Trinajstić information content (AvgIpc) is 2.60. The second-order valence-corrected chi connectivity index (χ2v) is 3.96. The molecule has 0 radical (unpaired) electrons. The summed E-state index contributed by atoms with van der Waals surface area (Å²) in [6.45, 7) is 1.07. The summed E-state index contributed by atoms with van der Waals surface area (Å²) in [5.41, 5.74) is 0. The Bertz CT molecular complexity index is 138. The van der Waals surface area contributed by atoms with E-state index in [1.165, 1.54) is 25.7 Å². The lowest BCUT2D eigenvalue weighted by Gasteiger charge is -2.22. The Morgan fingerprint density at radius 1 is 1.27 bits per heavy atom. The monoisotopic (exact) mass is 155 g/mol. The Labute approximate surface area is 68.0 Å². The average molecular weight is 155 g/mol. The van der Waals surface area contributed by atoms with Crippen molar-refractivity contribution in [1.82, 2.24) is 5.32 Å². The topological polar surface area (TPSA) is 32.3 Å². The van der Waals surface area contributed by atoms with Gasteiger partial charge in [0.15, 0.2) is 0 Å². The first-order valence-electron chi connectivity index (χ1n) is 4.74. The highest BCUT2D eigenvalue weighted by atomic mass is 16.3. The van der Waals surface area contributed by atoms with Crippen LogP contribution in [0.5, 0.6) is 0 Å². The number of rotatable bonds is 3. The van der Waals surface area contributed by atoms with Gasteiger partial charge in [-0.1, -0.05) is 6.42 Å². The van der Waals surface area contributed by atoms with Crippen LogP contribution in [0.3, 0.4) is 0 Å². The van der Waals surface area contributed by atoms with Gasteiger partial charge in [0.05, 0.1) is 6.61 Å². The van der Waals surface area contributed by atoms with Gasteiger partial charge in [-0.25, -0.2) is 0 Å². The van der Waals surface area contributed by atoms with E-state index >= 15 is 0 Å². The second-order valence-electron chi connectivity index (χ2n) is 3.96. The third kappa shape index (κ3) is 1.42. The number of aliphatic hydroxyl groups excluding tert-OH is 1. The molecule has 0 unspecified atom stereocenters. The Morgan fingerprint density at radius 3 is 2.73 bits per heavy atom. The maximum absolute atomic E-state index is 8.63. The third-order valence-corrected chi connectivity index (χ3v) is 3.26. The largest absolute Gasteiger partial charge is 0.395 e. The van der Waals surface area contributed by atoms with Gasteiger partial charge in [0, 0.05) is 12.6 Å². The first kappa shape index (κ1) is 7.56. The van der Waals surface area contributed by atoms with Crippen LogP contribution in [0.1, 0.15) is 25.7 Å². The van der Waals surface area contributed by atoms with Gasteiger partial charge >= 0.3 is 0 Å². The molecule has 2 N–H and O–H groups in total. The molecule has 2 nitrogen and oxygen atoms in total. The van der Waals surface area contributed by atoms with Gasteiger partial charge in [0.25, 0.3) is 0 Å². The lowest BCUT2D eigenvalue weighted by molar-refractivity contribution is 0.266. The van der Waals surface area contributed by atoms with E-state index in [2.05, 4.69) is 5.32 Å². The maximum atomic E-state index is 8.63. The quantitative estimate of drug-likeness (QED) is 0.630. The fourth-order valence-corrected chi connectivity index (χ4v) is 2.74. The van der Waals surface area contributed by atoms with E-state index in [0.717, 1.165) is 24.4 Å². The smallest absolute Gasteiger partial charge is 0.0556 e. The van der Waals surface area contributed by atoms with Gasteiger partial charge in [-0.3, -0.25) is 0 Å². The predicted molar refractivity (Wildman–Crippen MR) is 44.3 cm³/mol. The van der Waals surface area contributed by atoms with E-state index in [1.807, 2.05) is 0 Å². The molecule has 2 fully saturated rings. The van der Waals surface area contributed by atoms with Gasteiger partial charge in [-0.2, -0.15) is 0 Å². The number of aliphatic hydroxyl groups is 1. The highest BCUT2D eigenvalue weighted by Crippen LogP contribution is 2.44. The van der Waals surface area contributed by atoms with E-state index in [4.69, 9.17) is 5.11 Å². The molecule has 64 valence electrons. The van der Waals surface area contributed by atoms with Crippen molar-refractivity contribution in [1.29, 1.82) is 0 Å². The van der Waals surface area contributed by atoms with Gasteiger partial charge in [-0.05, 0) is 31.1 Å². The molecule has 0 aromatic rings. The lowest BCUT2D eigenvalue weighted by atomic mass is 9.95. The Balaban J connectivity index is 1.78. The number of fused-ring (bicyclic) bond motifs is 2. The van der Waals surface area contributed by atoms with Crippen LogP contribution in [-0.2, 0) is 0 Å². The highest BCUT2D eigenvalue weighted by molar-refractivity contribution is 4.93. The van der Waals surface area contributed by atoms with Gasteiger partial charge < -0.3 is 10.4 Å². The molecule has 0 saturated heterocycles. The summed E-state index contributed by atoms with van der Waals surface area (Å²) in [5, 5.41) is 12.0. The van der Waals surface area contributed by atoms with E-state index in [0.29, 0.717) is 0 Å². The van der Waals surface area contributed by atoms with Crippen molar-refractivity contribution in [3.8, 4) is 0 Å². The van der Waals surface area contributed by atoms with Crippen LogP contribution < -0.4 is 5.32 Å². The number of hydrogen-bond acceptors (Lipinski definition) is 2. The summed E-state index contributed by atoms with van der Waals surface area (Å²) in [6, 6.07) is 0.737. The number of hydrogen-bond donors (Lipinski definition) is 2. The third-order valence-electron chi connectivity index (χ3n) is 3.26. The van der Waals surface area contributed by atoms with Crippen LogP contribution in [0, 0.1) is 11.8 Å². The molecular weight excluding hydrogens is 138 g/mol. The minimum Gasteiger partial charge on any atom is -0.395 e. The molecule has 0 aromatic carbocycles. The van der Waals surface area contributed by atoms with Crippen molar-refractivity contribution in [3.05, 3.63) is 0 Å². The second kappa shape index (κ2) is 3.11. The molecule has 3 atom stereocenters. The van der Waals surface area contributed by atoms with Crippen LogP contribution in [-0.4, -0.2) is 24.3 Å². The molecule has 0 heterocycles. The fourth-order valence-electron chi connectivity index (χ4n) is 2.74.